The van der Waals surface area contributed by atoms with E-state index in [0.29, 0.717) is 12.4 Å². The summed E-state index contributed by atoms with van der Waals surface area (Å²) in [6.45, 7) is 4.73. The Morgan fingerprint density at radius 2 is 1.84 bits per heavy atom. The zero-order valence-electron chi connectivity index (χ0n) is 14.4. The van der Waals surface area contributed by atoms with Crippen molar-refractivity contribution in [1.82, 2.24) is 25.5 Å². The first-order chi connectivity index (χ1) is 12.1. The van der Waals surface area contributed by atoms with Crippen molar-refractivity contribution in [2.24, 2.45) is 0 Å². The van der Waals surface area contributed by atoms with Crippen LogP contribution in [0.5, 0.6) is 0 Å². The lowest BCUT2D eigenvalue weighted by Gasteiger charge is -2.12. The molecule has 2 aromatic carbocycles. The first-order valence-corrected chi connectivity index (χ1v) is 8.28. The summed E-state index contributed by atoms with van der Waals surface area (Å²) < 4.78 is 0. The highest BCUT2D eigenvalue weighted by atomic mass is 16.2. The molecular weight excluding hydrogens is 314 g/mol. The van der Waals surface area contributed by atoms with Crippen molar-refractivity contribution in [1.29, 1.82) is 0 Å². The fraction of sp³-hybridized carbons (Fsp3) is 0.263. The molecule has 3 rings (SSSR count). The summed E-state index contributed by atoms with van der Waals surface area (Å²) in [6.07, 6.45) is 0. The number of hydrogen-bond acceptors (Lipinski definition) is 4. The first-order valence-electron chi connectivity index (χ1n) is 8.28. The quantitative estimate of drug-likeness (QED) is 0.751. The van der Waals surface area contributed by atoms with Crippen LogP contribution in [0.3, 0.4) is 0 Å². The van der Waals surface area contributed by atoms with Crippen LogP contribution in [0, 0.1) is 6.92 Å². The van der Waals surface area contributed by atoms with E-state index in [0.717, 1.165) is 5.56 Å². The minimum atomic E-state index is -0.129. The number of carbonyl (C=O) groups is 1. The molecule has 1 atom stereocenters. The minimum absolute atomic E-state index is 0.0559. The van der Waals surface area contributed by atoms with Crippen LogP contribution in [-0.2, 0) is 11.3 Å². The Hall–Kier alpha value is -3.02. The first kappa shape index (κ1) is 16.8. The molecule has 1 N–H and O–H groups in total. The predicted molar refractivity (Wildman–Crippen MR) is 95.9 cm³/mol. The molecule has 0 unspecified atom stereocenters. The molecule has 128 valence electrons. The molecule has 1 amide bonds. The Kier molecular flexibility index (Phi) is 5.18. The molecule has 1 heterocycles. The van der Waals surface area contributed by atoms with Gasteiger partial charge in [-0.3, -0.25) is 4.79 Å². The fourth-order valence-electron chi connectivity index (χ4n) is 2.48. The van der Waals surface area contributed by atoms with Crippen molar-refractivity contribution in [3.8, 4) is 11.4 Å². The number of nitrogens with one attached hydrogen (secondary N) is 1. The van der Waals surface area contributed by atoms with Gasteiger partial charge >= 0.3 is 0 Å². The summed E-state index contributed by atoms with van der Waals surface area (Å²) in [5, 5.41) is 15.2. The largest absolute Gasteiger partial charge is 0.354 e. The number of carbonyl (C=O) groups excluding carboxylic acids is 1. The molecule has 25 heavy (non-hydrogen) atoms. The average molecular weight is 335 g/mol. The molecule has 6 heteroatoms. The fourth-order valence-corrected chi connectivity index (χ4v) is 2.48. The Labute approximate surface area is 146 Å². The number of benzene rings is 2. The second kappa shape index (κ2) is 7.70. The molecule has 0 bridgehead atoms. The number of tetrazole rings is 1. The van der Waals surface area contributed by atoms with Gasteiger partial charge in [-0.25, -0.2) is 0 Å². The summed E-state index contributed by atoms with van der Waals surface area (Å²) in [5.74, 6) is 0.637. The zero-order chi connectivity index (χ0) is 17.6. The Bertz CT molecular complexity index is 827. The Morgan fingerprint density at radius 3 is 2.56 bits per heavy atom. The Balaban J connectivity index is 1.54. The molecule has 1 aromatic heterocycles. The van der Waals surface area contributed by atoms with E-state index in [1.165, 1.54) is 15.9 Å². The second-order valence-electron chi connectivity index (χ2n) is 6.13. The van der Waals surface area contributed by atoms with Gasteiger partial charge in [0.15, 0.2) is 0 Å². The summed E-state index contributed by atoms with van der Waals surface area (Å²) in [5.41, 5.74) is 3.25. The van der Waals surface area contributed by atoms with Gasteiger partial charge in [-0.2, -0.15) is 4.80 Å². The van der Waals surface area contributed by atoms with Gasteiger partial charge in [-0.05, 0) is 23.6 Å². The van der Waals surface area contributed by atoms with Gasteiger partial charge in [-0.1, -0.05) is 67.1 Å². The van der Waals surface area contributed by atoms with Gasteiger partial charge < -0.3 is 5.32 Å². The van der Waals surface area contributed by atoms with Crippen LogP contribution in [0.4, 0.5) is 0 Å². The van der Waals surface area contributed by atoms with E-state index in [1.54, 1.807) is 0 Å². The number of aryl methyl sites for hydroxylation is 1. The molecule has 0 saturated heterocycles. The van der Waals surface area contributed by atoms with Gasteiger partial charge in [-0.15, -0.1) is 10.2 Å². The maximum absolute atomic E-state index is 12.1. The summed E-state index contributed by atoms with van der Waals surface area (Å²) >= 11 is 0. The van der Waals surface area contributed by atoms with E-state index in [-0.39, 0.29) is 18.4 Å². The summed E-state index contributed by atoms with van der Waals surface area (Å²) in [7, 11) is 0. The minimum Gasteiger partial charge on any atom is -0.354 e. The lowest BCUT2D eigenvalue weighted by Crippen LogP contribution is -2.31. The van der Waals surface area contributed by atoms with Gasteiger partial charge in [0, 0.05) is 12.1 Å². The number of aromatic nitrogens is 4. The van der Waals surface area contributed by atoms with E-state index >= 15 is 0 Å². The van der Waals surface area contributed by atoms with Gasteiger partial charge in [0.25, 0.3) is 0 Å². The van der Waals surface area contributed by atoms with E-state index in [2.05, 4.69) is 39.8 Å². The van der Waals surface area contributed by atoms with E-state index in [1.807, 2.05) is 49.4 Å². The van der Waals surface area contributed by atoms with E-state index < -0.39 is 0 Å². The lowest BCUT2D eigenvalue weighted by molar-refractivity contribution is -0.122. The van der Waals surface area contributed by atoms with Crippen LogP contribution in [-0.4, -0.2) is 32.7 Å². The SMILES string of the molecule is Cc1ccc(-c2nnn(CC(=O)NC[C@H](C)c3ccccc3)n2)cc1. The van der Waals surface area contributed by atoms with Crippen LogP contribution < -0.4 is 5.32 Å². The van der Waals surface area contributed by atoms with E-state index in [4.69, 9.17) is 0 Å². The van der Waals surface area contributed by atoms with Crippen molar-refractivity contribution in [2.75, 3.05) is 6.54 Å². The van der Waals surface area contributed by atoms with Crippen molar-refractivity contribution >= 4 is 5.91 Å². The van der Waals surface area contributed by atoms with Crippen molar-refractivity contribution < 1.29 is 4.79 Å². The maximum atomic E-state index is 12.1. The highest BCUT2D eigenvalue weighted by Crippen LogP contribution is 2.14. The summed E-state index contributed by atoms with van der Waals surface area (Å²) in [6, 6.07) is 18.0. The van der Waals surface area contributed by atoms with Crippen molar-refractivity contribution in [3.05, 3.63) is 65.7 Å². The molecule has 0 aliphatic rings. The molecule has 6 nitrogen and oxygen atoms in total. The normalized spacial score (nSPS) is 11.9. The lowest BCUT2D eigenvalue weighted by atomic mass is 10.0. The monoisotopic (exact) mass is 335 g/mol. The van der Waals surface area contributed by atoms with Crippen molar-refractivity contribution in [2.45, 2.75) is 26.3 Å². The van der Waals surface area contributed by atoms with Crippen LogP contribution in [0.2, 0.25) is 0 Å². The smallest absolute Gasteiger partial charge is 0.243 e. The second-order valence-corrected chi connectivity index (χ2v) is 6.13. The van der Waals surface area contributed by atoms with E-state index in [9.17, 15) is 4.79 Å². The zero-order valence-corrected chi connectivity index (χ0v) is 14.4. The predicted octanol–water partition coefficient (Wildman–Crippen LogP) is 2.57. The topological polar surface area (TPSA) is 72.7 Å². The van der Waals surface area contributed by atoms with Crippen LogP contribution >= 0.6 is 0 Å². The molecule has 3 aromatic rings. The molecule has 0 saturated carbocycles. The molecule has 0 spiro atoms. The number of hydrogen-bond donors (Lipinski definition) is 1. The number of rotatable bonds is 6. The molecule has 0 radical (unpaired) electrons. The van der Waals surface area contributed by atoms with Gasteiger partial charge in [0.1, 0.15) is 6.54 Å². The van der Waals surface area contributed by atoms with Crippen LogP contribution in [0.1, 0.15) is 24.0 Å². The highest BCUT2D eigenvalue weighted by Gasteiger charge is 2.11. The molecule has 0 aliphatic carbocycles. The van der Waals surface area contributed by atoms with Gasteiger partial charge in [0.05, 0.1) is 0 Å². The number of nitrogens with zero attached hydrogens (tertiary/aromatic N) is 4. The third-order valence-electron chi connectivity index (χ3n) is 4.02. The maximum Gasteiger partial charge on any atom is 0.243 e. The summed E-state index contributed by atoms with van der Waals surface area (Å²) in [4.78, 5) is 13.4. The van der Waals surface area contributed by atoms with Crippen molar-refractivity contribution in [3.63, 3.8) is 0 Å². The van der Waals surface area contributed by atoms with Gasteiger partial charge in [0.2, 0.25) is 11.7 Å². The molecular formula is C19H21N5O. The van der Waals surface area contributed by atoms with Crippen LogP contribution in [0.15, 0.2) is 54.6 Å². The molecule has 0 aliphatic heterocycles. The molecule has 0 fully saturated rings. The van der Waals surface area contributed by atoms with Crippen LogP contribution in [0.25, 0.3) is 11.4 Å². The highest BCUT2D eigenvalue weighted by molar-refractivity contribution is 5.75. The standard InChI is InChI=1S/C19H21N5O/c1-14-8-10-17(11-9-14)19-21-23-24(22-19)13-18(25)20-12-15(2)16-6-4-3-5-7-16/h3-11,15H,12-13H2,1-2H3,(H,20,25)/t15-/m0/s1. The third-order valence-corrected chi connectivity index (χ3v) is 4.02. The Morgan fingerprint density at radius 1 is 1.12 bits per heavy atom. The number of amides is 1. The average Bonchev–Trinajstić information content (AvgIpc) is 3.09. The third kappa shape index (κ3) is 4.50.